The molecule has 12 heavy (non-hydrogen) atoms. The Hall–Kier alpha value is -1.26. The maximum Gasteiger partial charge on any atom is 0.324 e. The number of hydrogen-bond acceptors (Lipinski definition) is 4. The SMILES string of the molecule is O=C(CN=C=S)N1CCNC1=O. The third-order valence-corrected chi connectivity index (χ3v) is 1.57. The van der Waals surface area contributed by atoms with Gasteiger partial charge in [-0.25, -0.2) is 9.79 Å². The summed E-state index contributed by atoms with van der Waals surface area (Å²) in [5, 5.41) is 4.57. The second-order valence-corrected chi connectivity index (χ2v) is 2.37. The Morgan fingerprint density at radius 2 is 2.58 bits per heavy atom. The van der Waals surface area contributed by atoms with Crippen molar-refractivity contribution in [3.8, 4) is 0 Å². The summed E-state index contributed by atoms with van der Waals surface area (Å²) in [6.45, 7) is 0.813. The van der Waals surface area contributed by atoms with Gasteiger partial charge in [0.15, 0.2) is 0 Å². The first-order valence-electron chi connectivity index (χ1n) is 3.37. The van der Waals surface area contributed by atoms with Gasteiger partial charge < -0.3 is 5.32 Å². The van der Waals surface area contributed by atoms with Crippen molar-refractivity contribution in [3.05, 3.63) is 0 Å². The highest BCUT2D eigenvalue weighted by Gasteiger charge is 2.25. The molecular weight excluding hydrogens is 178 g/mol. The number of thiocarbonyl (C=S) groups is 1. The van der Waals surface area contributed by atoms with E-state index < -0.39 is 0 Å². The van der Waals surface area contributed by atoms with Crippen molar-refractivity contribution in [2.24, 2.45) is 4.99 Å². The van der Waals surface area contributed by atoms with E-state index in [1.807, 2.05) is 0 Å². The Kier molecular flexibility index (Phi) is 2.90. The fourth-order valence-electron chi connectivity index (χ4n) is 0.895. The van der Waals surface area contributed by atoms with Gasteiger partial charge in [0.1, 0.15) is 6.54 Å². The van der Waals surface area contributed by atoms with Crippen LogP contribution in [0, 0.1) is 0 Å². The highest BCUT2D eigenvalue weighted by atomic mass is 32.1. The molecule has 0 aromatic carbocycles. The summed E-state index contributed by atoms with van der Waals surface area (Å²) in [5.41, 5.74) is 0. The van der Waals surface area contributed by atoms with Crippen LogP contribution in [-0.2, 0) is 4.79 Å². The molecule has 0 aromatic rings. The van der Waals surface area contributed by atoms with E-state index in [9.17, 15) is 9.59 Å². The summed E-state index contributed by atoms with van der Waals surface area (Å²) in [6.07, 6.45) is 0. The van der Waals surface area contributed by atoms with E-state index in [0.717, 1.165) is 4.90 Å². The van der Waals surface area contributed by atoms with Crippen LogP contribution in [0.1, 0.15) is 0 Å². The molecule has 3 amide bonds. The monoisotopic (exact) mass is 185 g/mol. The number of nitrogens with zero attached hydrogens (tertiary/aromatic N) is 2. The minimum Gasteiger partial charge on any atom is -0.336 e. The molecule has 0 unspecified atom stereocenters. The van der Waals surface area contributed by atoms with Gasteiger partial charge in [-0.3, -0.25) is 9.69 Å². The standard InChI is InChI=1S/C6H7N3O2S/c10-5(3-7-4-12)9-2-1-8-6(9)11/h1-3H2,(H,8,11). The first-order valence-corrected chi connectivity index (χ1v) is 3.78. The second kappa shape index (κ2) is 3.94. The fourth-order valence-corrected chi connectivity index (χ4v) is 0.959. The highest BCUT2D eigenvalue weighted by Crippen LogP contribution is 1.96. The summed E-state index contributed by atoms with van der Waals surface area (Å²) < 4.78 is 0. The van der Waals surface area contributed by atoms with E-state index in [4.69, 9.17) is 0 Å². The summed E-state index contributed by atoms with van der Waals surface area (Å²) in [7, 11) is 0. The molecule has 1 fully saturated rings. The molecule has 0 spiro atoms. The Bertz CT molecular complexity index is 260. The molecule has 0 saturated carbocycles. The zero-order valence-electron chi connectivity index (χ0n) is 6.24. The van der Waals surface area contributed by atoms with Crippen LogP contribution in [0.2, 0.25) is 0 Å². The molecule has 1 aliphatic rings. The smallest absolute Gasteiger partial charge is 0.324 e. The molecule has 0 radical (unpaired) electrons. The van der Waals surface area contributed by atoms with Crippen molar-refractivity contribution in [2.75, 3.05) is 19.6 Å². The predicted molar refractivity (Wildman–Crippen MR) is 45.0 cm³/mol. The largest absolute Gasteiger partial charge is 0.336 e. The summed E-state index contributed by atoms with van der Waals surface area (Å²) in [4.78, 5) is 26.5. The second-order valence-electron chi connectivity index (χ2n) is 2.18. The maximum atomic E-state index is 11.1. The molecule has 0 atom stereocenters. The van der Waals surface area contributed by atoms with Gasteiger partial charge in [-0.05, 0) is 12.2 Å². The van der Waals surface area contributed by atoms with Crippen LogP contribution in [0.25, 0.3) is 0 Å². The van der Waals surface area contributed by atoms with E-state index in [1.165, 1.54) is 0 Å². The van der Waals surface area contributed by atoms with E-state index in [0.29, 0.717) is 13.1 Å². The van der Waals surface area contributed by atoms with E-state index in [2.05, 4.69) is 27.7 Å². The molecule has 1 saturated heterocycles. The number of aliphatic imine (C=N–C) groups is 1. The molecule has 6 heteroatoms. The fraction of sp³-hybridized carbons (Fsp3) is 0.500. The number of hydrogen-bond donors (Lipinski definition) is 1. The molecule has 0 aliphatic carbocycles. The number of urea groups is 1. The first-order chi connectivity index (χ1) is 5.75. The number of rotatable bonds is 2. The number of isothiocyanates is 1. The van der Waals surface area contributed by atoms with Crippen LogP contribution < -0.4 is 5.32 Å². The number of carbonyl (C=O) groups is 2. The average molecular weight is 185 g/mol. The Balaban J connectivity index is 2.51. The van der Waals surface area contributed by atoms with Crippen molar-refractivity contribution < 1.29 is 9.59 Å². The van der Waals surface area contributed by atoms with Gasteiger partial charge in [0.05, 0.1) is 5.16 Å². The molecule has 0 bridgehead atoms. The minimum absolute atomic E-state index is 0.100. The van der Waals surface area contributed by atoms with Gasteiger partial charge in [-0.2, -0.15) is 0 Å². The third-order valence-electron chi connectivity index (χ3n) is 1.44. The van der Waals surface area contributed by atoms with E-state index >= 15 is 0 Å². The molecule has 1 rings (SSSR count). The molecule has 5 nitrogen and oxygen atoms in total. The molecule has 1 heterocycles. The first kappa shape index (κ1) is 8.83. The summed E-state index contributed by atoms with van der Waals surface area (Å²) >= 11 is 4.29. The van der Waals surface area contributed by atoms with Crippen LogP contribution in [0.5, 0.6) is 0 Å². The minimum atomic E-state index is -0.362. The maximum absolute atomic E-state index is 11.1. The molecule has 1 N–H and O–H groups in total. The molecule has 0 aromatic heterocycles. The Morgan fingerprint density at radius 1 is 1.83 bits per heavy atom. The van der Waals surface area contributed by atoms with Gasteiger partial charge in [0, 0.05) is 13.1 Å². The number of imide groups is 1. The van der Waals surface area contributed by atoms with Crippen molar-refractivity contribution in [1.82, 2.24) is 10.2 Å². The van der Waals surface area contributed by atoms with Gasteiger partial charge in [-0.15, -0.1) is 0 Å². The van der Waals surface area contributed by atoms with Crippen molar-refractivity contribution in [2.45, 2.75) is 0 Å². The lowest BCUT2D eigenvalue weighted by molar-refractivity contribution is -0.126. The Morgan fingerprint density at radius 3 is 3.08 bits per heavy atom. The quantitative estimate of drug-likeness (QED) is 0.472. The van der Waals surface area contributed by atoms with Crippen LogP contribution in [0.3, 0.4) is 0 Å². The number of amides is 3. The zero-order valence-corrected chi connectivity index (χ0v) is 7.06. The lowest BCUT2D eigenvalue weighted by Crippen LogP contribution is -2.35. The average Bonchev–Trinajstić information content (AvgIpc) is 2.47. The lowest BCUT2D eigenvalue weighted by atomic mass is 10.5. The Labute approximate surface area is 74.4 Å². The molecule has 1 aliphatic heterocycles. The van der Waals surface area contributed by atoms with Gasteiger partial charge in [-0.1, -0.05) is 0 Å². The normalized spacial score (nSPS) is 15.3. The summed E-state index contributed by atoms with van der Waals surface area (Å²) in [5.74, 6) is -0.345. The zero-order chi connectivity index (χ0) is 8.97. The van der Waals surface area contributed by atoms with Crippen LogP contribution >= 0.6 is 12.2 Å². The predicted octanol–water partition coefficient (Wildman–Crippen LogP) is -0.359. The molecule has 64 valence electrons. The summed E-state index contributed by atoms with van der Waals surface area (Å²) in [6, 6.07) is -0.362. The van der Waals surface area contributed by atoms with Gasteiger partial charge in [0.2, 0.25) is 0 Å². The third kappa shape index (κ3) is 1.87. The molecular formula is C6H7N3O2S. The topological polar surface area (TPSA) is 61.8 Å². The van der Waals surface area contributed by atoms with Crippen LogP contribution in [-0.4, -0.2) is 41.6 Å². The van der Waals surface area contributed by atoms with Gasteiger partial charge >= 0.3 is 6.03 Å². The lowest BCUT2D eigenvalue weighted by Gasteiger charge is -2.08. The highest BCUT2D eigenvalue weighted by molar-refractivity contribution is 7.78. The van der Waals surface area contributed by atoms with Crippen molar-refractivity contribution in [3.63, 3.8) is 0 Å². The van der Waals surface area contributed by atoms with Gasteiger partial charge in [0.25, 0.3) is 5.91 Å². The number of nitrogens with one attached hydrogen (secondary N) is 1. The van der Waals surface area contributed by atoms with Crippen molar-refractivity contribution in [1.29, 1.82) is 0 Å². The van der Waals surface area contributed by atoms with E-state index in [1.54, 1.807) is 0 Å². The van der Waals surface area contributed by atoms with Crippen molar-refractivity contribution >= 4 is 29.3 Å². The van der Waals surface area contributed by atoms with Crippen LogP contribution in [0.4, 0.5) is 4.79 Å². The number of carbonyl (C=O) groups excluding carboxylic acids is 2. The van der Waals surface area contributed by atoms with E-state index in [-0.39, 0.29) is 18.5 Å². The van der Waals surface area contributed by atoms with Crippen LogP contribution in [0.15, 0.2) is 4.99 Å².